The molecule has 5 N–H and O–H groups in total. The summed E-state index contributed by atoms with van der Waals surface area (Å²) in [5.41, 5.74) is 7.81. The molecule has 1 amide bonds. The fraction of sp³-hybridized carbons (Fsp3) is 0.357. The van der Waals surface area contributed by atoms with Crippen molar-refractivity contribution in [2.45, 2.75) is 57.7 Å². The average molecular weight is 536 g/mol. The number of benzene rings is 1. The lowest BCUT2D eigenvalue weighted by Crippen LogP contribution is -2.44. The number of rotatable bonds is 6. The van der Waals surface area contributed by atoms with Crippen LogP contribution in [0.15, 0.2) is 48.9 Å². The van der Waals surface area contributed by atoms with E-state index in [1.165, 1.54) is 10.6 Å². The van der Waals surface area contributed by atoms with E-state index in [9.17, 15) is 14.3 Å². The van der Waals surface area contributed by atoms with Crippen LogP contribution < -0.4 is 16.4 Å². The van der Waals surface area contributed by atoms with E-state index in [1.54, 1.807) is 38.5 Å². The maximum absolute atomic E-state index is 15.4. The molecule has 1 aliphatic rings. The second-order valence-electron chi connectivity index (χ2n) is 10.4. The molecule has 3 aromatic heterocycles. The molecule has 0 bridgehead atoms. The van der Waals surface area contributed by atoms with Crippen molar-refractivity contribution >= 4 is 23.1 Å². The Bertz CT molecular complexity index is 1510. The highest BCUT2D eigenvalue weighted by atomic mass is 19.1. The summed E-state index contributed by atoms with van der Waals surface area (Å²) in [5.74, 6) is -2.00. The van der Waals surface area contributed by atoms with E-state index in [-0.39, 0.29) is 35.2 Å². The van der Waals surface area contributed by atoms with Gasteiger partial charge >= 0.3 is 0 Å². The molecular formula is C28H31F2N7O2. The molecule has 39 heavy (non-hydrogen) atoms. The summed E-state index contributed by atoms with van der Waals surface area (Å²) in [6, 6.07) is 6.67. The zero-order valence-electron chi connectivity index (χ0n) is 21.9. The van der Waals surface area contributed by atoms with Crippen LogP contribution in [0.2, 0.25) is 0 Å². The Morgan fingerprint density at radius 1 is 1.15 bits per heavy atom. The summed E-state index contributed by atoms with van der Waals surface area (Å²) in [5, 5.41) is 20.7. The number of nitrogens with two attached hydrogens (primary N) is 1. The van der Waals surface area contributed by atoms with Gasteiger partial charge in [-0.2, -0.15) is 9.61 Å². The van der Waals surface area contributed by atoms with Crippen molar-refractivity contribution in [1.29, 1.82) is 0 Å². The molecule has 0 aliphatic heterocycles. The minimum absolute atomic E-state index is 0.00484. The van der Waals surface area contributed by atoms with Gasteiger partial charge < -0.3 is 21.5 Å². The van der Waals surface area contributed by atoms with Crippen LogP contribution in [0.4, 0.5) is 20.4 Å². The molecule has 4 aromatic rings. The van der Waals surface area contributed by atoms with Gasteiger partial charge in [0.25, 0.3) is 5.91 Å². The van der Waals surface area contributed by atoms with Crippen LogP contribution in [0, 0.1) is 17.6 Å². The topological polar surface area (TPSA) is 130 Å². The molecule has 1 fully saturated rings. The molecule has 0 spiro atoms. The fourth-order valence-electron chi connectivity index (χ4n) is 5.22. The van der Waals surface area contributed by atoms with Crippen molar-refractivity contribution in [3.8, 4) is 11.3 Å². The number of carbonyl (C=O) groups is 1. The quantitative estimate of drug-likeness (QED) is 0.292. The Morgan fingerprint density at radius 3 is 2.69 bits per heavy atom. The van der Waals surface area contributed by atoms with E-state index in [0.717, 1.165) is 24.1 Å². The largest absolute Gasteiger partial charge is 0.391 e. The fourth-order valence-corrected chi connectivity index (χ4v) is 5.22. The number of nitrogens with one attached hydrogen (secondary N) is 2. The Morgan fingerprint density at radius 2 is 1.95 bits per heavy atom. The smallest absolute Gasteiger partial charge is 0.254 e. The van der Waals surface area contributed by atoms with Crippen LogP contribution in [-0.4, -0.2) is 48.8 Å². The molecule has 1 aromatic carbocycles. The van der Waals surface area contributed by atoms with Gasteiger partial charge in [0.15, 0.2) is 0 Å². The van der Waals surface area contributed by atoms with Gasteiger partial charge in [0.05, 0.1) is 46.5 Å². The van der Waals surface area contributed by atoms with E-state index in [0.29, 0.717) is 23.6 Å². The van der Waals surface area contributed by atoms with E-state index in [4.69, 9.17) is 5.73 Å². The summed E-state index contributed by atoms with van der Waals surface area (Å²) in [7, 11) is 0. The zero-order valence-corrected chi connectivity index (χ0v) is 21.9. The van der Waals surface area contributed by atoms with Crippen molar-refractivity contribution < 1.29 is 18.7 Å². The van der Waals surface area contributed by atoms with Gasteiger partial charge in [-0.3, -0.25) is 9.78 Å². The summed E-state index contributed by atoms with van der Waals surface area (Å²) in [6.45, 7) is 5.49. The number of anilines is 2. The second-order valence-corrected chi connectivity index (χ2v) is 10.4. The summed E-state index contributed by atoms with van der Waals surface area (Å²) < 4.78 is 31.8. The van der Waals surface area contributed by atoms with Crippen molar-refractivity contribution in [1.82, 2.24) is 24.9 Å². The minimum atomic E-state index is -0.992. The van der Waals surface area contributed by atoms with Crippen LogP contribution in [0.25, 0.3) is 16.8 Å². The number of aliphatic hydroxyl groups is 1. The maximum atomic E-state index is 15.4. The first-order valence-electron chi connectivity index (χ1n) is 12.9. The number of aromatic nitrogens is 4. The molecular weight excluding hydrogens is 504 g/mol. The lowest BCUT2D eigenvalue weighted by molar-refractivity contribution is 0.0521. The SMILES string of the molecule is CC(C)NC(=O)c1ccc(F)c(-c2ccc3cnc(Nc4cnccc4C4CC(C)C(O)C(N)C4)n3n2)c1F. The highest BCUT2D eigenvalue weighted by molar-refractivity contribution is 5.96. The van der Waals surface area contributed by atoms with Crippen molar-refractivity contribution in [3.05, 3.63) is 71.7 Å². The van der Waals surface area contributed by atoms with Gasteiger partial charge in [0, 0.05) is 18.3 Å². The molecule has 0 saturated heterocycles. The van der Waals surface area contributed by atoms with Gasteiger partial charge in [0.2, 0.25) is 5.95 Å². The number of aliphatic hydroxyl groups excluding tert-OH is 1. The van der Waals surface area contributed by atoms with Crippen molar-refractivity contribution in [3.63, 3.8) is 0 Å². The Labute approximate surface area is 224 Å². The van der Waals surface area contributed by atoms with Gasteiger partial charge in [-0.25, -0.2) is 13.8 Å². The Kier molecular flexibility index (Phi) is 7.28. The van der Waals surface area contributed by atoms with Crippen molar-refractivity contribution in [2.24, 2.45) is 11.7 Å². The van der Waals surface area contributed by atoms with Gasteiger partial charge in [-0.15, -0.1) is 0 Å². The first kappa shape index (κ1) is 26.6. The predicted octanol–water partition coefficient (Wildman–Crippen LogP) is 4.15. The number of carbonyl (C=O) groups excluding carboxylic acids is 1. The first-order chi connectivity index (χ1) is 18.6. The van der Waals surface area contributed by atoms with Crippen LogP contribution in [-0.2, 0) is 0 Å². The predicted molar refractivity (Wildman–Crippen MR) is 144 cm³/mol. The van der Waals surface area contributed by atoms with E-state index in [2.05, 4.69) is 25.7 Å². The summed E-state index contributed by atoms with van der Waals surface area (Å²) >= 11 is 0. The molecule has 9 nitrogen and oxygen atoms in total. The number of nitrogens with zero attached hydrogens (tertiary/aromatic N) is 4. The summed E-state index contributed by atoms with van der Waals surface area (Å²) in [6.07, 6.45) is 5.80. The molecule has 1 aliphatic carbocycles. The lowest BCUT2D eigenvalue weighted by Gasteiger charge is -2.36. The van der Waals surface area contributed by atoms with E-state index in [1.807, 2.05) is 13.0 Å². The average Bonchev–Trinajstić information content (AvgIpc) is 3.29. The molecule has 11 heteroatoms. The number of amides is 1. The normalized spacial score (nSPS) is 21.3. The second kappa shape index (κ2) is 10.7. The van der Waals surface area contributed by atoms with E-state index < -0.39 is 29.2 Å². The Balaban J connectivity index is 1.51. The molecule has 204 valence electrons. The molecule has 0 radical (unpaired) electrons. The van der Waals surface area contributed by atoms with Gasteiger partial charge in [0.1, 0.15) is 11.6 Å². The standard InChI is InChI=1S/C28H31F2N7O2/c1-14(2)34-27(39)19-5-6-20(29)24(25(19)30)22-7-4-17-12-33-28(37(17)36-22)35-23-13-32-9-8-18(23)16-10-15(3)26(38)21(31)11-16/h4-9,12-16,21,26,38H,10-11,31H2,1-3H3,(H,33,35)(H,34,39). The third kappa shape index (κ3) is 5.19. The van der Waals surface area contributed by atoms with Crippen LogP contribution in [0.5, 0.6) is 0 Å². The summed E-state index contributed by atoms with van der Waals surface area (Å²) in [4.78, 5) is 21.1. The van der Waals surface area contributed by atoms with Crippen LogP contribution in [0.3, 0.4) is 0 Å². The van der Waals surface area contributed by atoms with Gasteiger partial charge in [-0.1, -0.05) is 6.92 Å². The van der Waals surface area contributed by atoms with E-state index >= 15 is 4.39 Å². The Hall–Kier alpha value is -3.96. The number of pyridine rings is 1. The van der Waals surface area contributed by atoms with Crippen LogP contribution >= 0.6 is 0 Å². The maximum Gasteiger partial charge on any atom is 0.254 e. The van der Waals surface area contributed by atoms with Crippen molar-refractivity contribution in [2.75, 3.05) is 5.32 Å². The third-order valence-corrected chi connectivity index (χ3v) is 7.17. The third-order valence-electron chi connectivity index (χ3n) is 7.17. The molecule has 4 unspecified atom stereocenters. The molecule has 5 rings (SSSR count). The highest BCUT2D eigenvalue weighted by Crippen LogP contribution is 2.39. The zero-order chi connectivity index (χ0) is 27.8. The number of hydrogen-bond donors (Lipinski definition) is 4. The highest BCUT2D eigenvalue weighted by Gasteiger charge is 2.34. The lowest BCUT2D eigenvalue weighted by atomic mass is 9.74. The minimum Gasteiger partial charge on any atom is -0.391 e. The van der Waals surface area contributed by atoms with Crippen LogP contribution in [0.1, 0.15) is 55.5 Å². The number of imidazole rings is 1. The van der Waals surface area contributed by atoms with Gasteiger partial charge in [-0.05, 0) is 74.4 Å². The number of fused-ring (bicyclic) bond motifs is 1. The molecule has 1 saturated carbocycles. The number of halogens is 2. The molecule has 3 heterocycles. The number of hydrogen-bond acceptors (Lipinski definition) is 7. The molecule has 4 atom stereocenters. The monoisotopic (exact) mass is 535 g/mol. The first-order valence-corrected chi connectivity index (χ1v) is 12.9.